The van der Waals surface area contributed by atoms with Crippen molar-refractivity contribution in [1.29, 1.82) is 0 Å². The predicted octanol–water partition coefficient (Wildman–Crippen LogP) is 2.86. The Hall–Kier alpha value is -0.820. The lowest BCUT2D eigenvalue weighted by Gasteiger charge is -2.29. The maximum absolute atomic E-state index is 12.5. The Bertz CT molecular complexity index is 618. The van der Waals surface area contributed by atoms with E-state index >= 15 is 0 Å². The lowest BCUT2D eigenvalue weighted by molar-refractivity contribution is -0.145. The van der Waals surface area contributed by atoms with E-state index in [4.69, 9.17) is 23.2 Å². The SMILES string of the molecule is COC(=O)C(NS(=O)(=O)c1c(Cl)cccc1Cl)C(C)(C)C. The van der Waals surface area contributed by atoms with Crippen molar-refractivity contribution in [2.75, 3.05) is 7.11 Å². The fourth-order valence-electron chi connectivity index (χ4n) is 1.65. The predicted molar refractivity (Wildman–Crippen MR) is 82.0 cm³/mol. The minimum absolute atomic E-state index is 0.0208. The van der Waals surface area contributed by atoms with Gasteiger partial charge in [0.25, 0.3) is 0 Å². The van der Waals surface area contributed by atoms with Gasteiger partial charge in [-0.3, -0.25) is 4.79 Å². The topological polar surface area (TPSA) is 72.5 Å². The Morgan fingerprint density at radius 2 is 1.71 bits per heavy atom. The smallest absolute Gasteiger partial charge is 0.324 e. The van der Waals surface area contributed by atoms with Gasteiger partial charge >= 0.3 is 5.97 Å². The van der Waals surface area contributed by atoms with Crippen LogP contribution in [-0.2, 0) is 19.6 Å². The van der Waals surface area contributed by atoms with Crippen molar-refractivity contribution in [3.8, 4) is 0 Å². The molecule has 1 unspecified atom stereocenters. The highest BCUT2D eigenvalue weighted by atomic mass is 35.5. The molecule has 0 heterocycles. The van der Waals surface area contributed by atoms with Crippen molar-refractivity contribution in [3.63, 3.8) is 0 Å². The molecule has 0 spiro atoms. The van der Waals surface area contributed by atoms with E-state index in [9.17, 15) is 13.2 Å². The van der Waals surface area contributed by atoms with Gasteiger partial charge < -0.3 is 4.74 Å². The average Bonchev–Trinajstić information content (AvgIpc) is 2.33. The molecule has 0 saturated carbocycles. The normalized spacial score (nSPS) is 13.8. The largest absolute Gasteiger partial charge is 0.468 e. The van der Waals surface area contributed by atoms with Crippen molar-refractivity contribution in [2.45, 2.75) is 31.7 Å². The molecular weight excluding hydrogens is 337 g/mol. The summed E-state index contributed by atoms with van der Waals surface area (Å²) in [5.74, 6) is -0.686. The molecular formula is C13H17Cl2NO4S. The molecule has 0 aliphatic rings. The van der Waals surface area contributed by atoms with Gasteiger partial charge in [0, 0.05) is 0 Å². The van der Waals surface area contributed by atoms with Crippen LogP contribution in [0.1, 0.15) is 20.8 Å². The van der Waals surface area contributed by atoms with Crippen molar-refractivity contribution in [1.82, 2.24) is 4.72 Å². The maximum atomic E-state index is 12.5. The number of benzene rings is 1. The van der Waals surface area contributed by atoms with Gasteiger partial charge in [0.1, 0.15) is 10.9 Å². The summed E-state index contributed by atoms with van der Waals surface area (Å²) in [4.78, 5) is 11.6. The van der Waals surface area contributed by atoms with E-state index in [0.29, 0.717) is 0 Å². The molecule has 1 rings (SSSR count). The zero-order chi connectivity index (χ0) is 16.4. The zero-order valence-electron chi connectivity index (χ0n) is 12.1. The number of sulfonamides is 1. The summed E-state index contributed by atoms with van der Waals surface area (Å²) in [6.45, 7) is 5.14. The Labute approximate surface area is 134 Å². The van der Waals surface area contributed by atoms with E-state index in [2.05, 4.69) is 9.46 Å². The Morgan fingerprint density at radius 1 is 1.24 bits per heavy atom. The van der Waals surface area contributed by atoms with Crippen molar-refractivity contribution in [2.24, 2.45) is 5.41 Å². The number of hydrogen-bond acceptors (Lipinski definition) is 4. The quantitative estimate of drug-likeness (QED) is 0.844. The van der Waals surface area contributed by atoms with E-state index in [1.165, 1.54) is 25.3 Å². The van der Waals surface area contributed by atoms with Crippen LogP contribution >= 0.6 is 23.2 Å². The number of hydrogen-bond donors (Lipinski definition) is 1. The van der Waals surface area contributed by atoms with E-state index in [0.717, 1.165) is 0 Å². The highest BCUT2D eigenvalue weighted by Gasteiger charge is 2.37. The number of carbonyl (C=O) groups excluding carboxylic acids is 1. The van der Waals surface area contributed by atoms with Crippen LogP contribution in [0.5, 0.6) is 0 Å². The van der Waals surface area contributed by atoms with E-state index in [-0.39, 0.29) is 14.9 Å². The lowest BCUT2D eigenvalue weighted by Crippen LogP contribution is -2.49. The highest BCUT2D eigenvalue weighted by Crippen LogP contribution is 2.30. The van der Waals surface area contributed by atoms with Crippen LogP contribution in [0.25, 0.3) is 0 Å². The second-order valence-electron chi connectivity index (χ2n) is 5.49. The first-order valence-corrected chi connectivity index (χ1v) is 8.29. The van der Waals surface area contributed by atoms with Gasteiger partial charge in [-0.2, -0.15) is 4.72 Å². The van der Waals surface area contributed by atoms with Crippen LogP contribution in [0.4, 0.5) is 0 Å². The van der Waals surface area contributed by atoms with Gasteiger partial charge in [-0.15, -0.1) is 0 Å². The molecule has 0 radical (unpaired) electrons. The summed E-state index contributed by atoms with van der Waals surface area (Å²) in [5.41, 5.74) is -0.687. The average molecular weight is 354 g/mol. The third-order valence-electron chi connectivity index (χ3n) is 2.76. The summed E-state index contributed by atoms with van der Waals surface area (Å²) in [5, 5.41) is -0.0416. The fourth-order valence-corrected chi connectivity index (χ4v) is 4.18. The second-order valence-corrected chi connectivity index (χ2v) is 7.96. The summed E-state index contributed by atoms with van der Waals surface area (Å²) in [6, 6.07) is 3.28. The number of halogens is 2. The first-order valence-electron chi connectivity index (χ1n) is 6.05. The van der Waals surface area contributed by atoms with Crippen molar-refractivity contribution < 1.29 is 17.9 Å². The zero-order valence-corrected chi connectivity index (χ0v) is 14.4. The van der Waals surface area contributed by atoms with Crippen LogP contribution in [0.3, 0.4) is 0 Å². The van der Waals surface area contributed by atoms with Gasteiger partial charge in [0.15, 0.2) is 0 Å². The van der Waals surface area contributed by atoms with Gasteiger partial charge in [-0.25, -0.2) is 8.42 Å². The van der Waals surface area contributed by atoms with Crippen LogP contribution in [0.15, 0.2) is 23.1 Å². The number of methoxy groups -OCH3 is 1. The van der Waals surface area contributed by atoms with Gasteiger partial charge in [0.05, 0.1) is 17.2 Å². The lowest BCUT2D eigenvalue weighted by atomic mass is 9.87. The summed E-state index contributed by atoms with van der Waals surface area (Å²) in [7, 11) is -2.88. The number of ether oxygens (including phenoxy) is 1. The van der Waals surface area contributed by atoms with Crippen LogP contribution in [0, 0.1) is 5.41 Å². The summed E-state index contributed by atoms with van der Waals surface area (Å²) < 4.78 is 31.9. The van der Waals surface area contributed by atoms with E-state index in [1.54, 1.807) is 20.8 Å². The summed E-state index contributed by atoms with van der Waals surface area (Å²) >= 11 is 11.8. The molecule has 0 saturated heterocycles. The molecule has 8 heteroatoms. The maximum Gasteiger partial charge on any atom is 0.324 e. The van der Waals surface area contributed by atoms with E-state index < -0.39 is 27.4 Å². The molecule has 5 nitrogen and oxygen atoms in total. The molecule has 0 fully saturated rings. The molecule has 0 amide bonds. The molecule has 0 aliphatic heterocycles. The fraction of sp³-hybridized carbons (Fsp3) is 0.462. The van der Waals surface area contributed by atoms with Crippen LogP contribution < -0.4 is 4.72 Å². The van der Waals surface area contributed by atoms with Gasteiger partial charge in [0.2, 0.25) is 10.0 Å². The van der Waals surface area contributed by atoms with Crippen molar-refractivity contribution >= 4 is 39.2 Å². The highest BCUT2D eigenvalue weighted by molar-refractivity contribution is 7.89. The summed E-state index contributed by atoms with van der Waals surface area (Å²) in [6.07, 6.45) is 0. The third kappa shape index (κ3) is 4.32. The van der Waals surface area contributed by atoms with Crippen LogP contribution in [-0.4, -0.2) is 27.5 Å². The number of carbonyl (C=O) groups is 1. The van der Waals surface area contributed by atoms with Gasteiger partial charge in [-0.1, -0.05) is 50.0 Å². The Balaban J connectivity index is 3.28. The van der Waals surface area contributed by atoms with Crippen LogP contribution in [0.2, 0.25) is 10.0 Å². The minimum Gasteiger partial charge on any atom is -0.468 e. The van der Waals surface area contributed by atoms with Gasteiger partial charge in [-0.05, 0) is 17.5 Å². The van der Waals surface area contributed by atoms with E-state index in [1.807, 2.05) is 0 Å². The first-order chi connectivity index (χ1) is 9.50. The molecule has 0 aromatic heterocycles. The number of esters is 1. The van der Waals surface area contributed by atoms with Crippen molar-refractivity contribution in [3.05, 3.63) is 28.2 Å². The molecule has 1 N–H and O–H groups in total. The monoisotopic (exact) mass is 353 g/mol. The Morgan fingerprint density at radius 3 is 2.10 bits per heavy atom. The molecule has 1 aromatic rings. The molecule has 0 bridgehead atoms. The molecule has 0 aliphatic carbocycles. The molecule has 21 heavy (non-hydrogen) atoms. The third-order valence-corrected chi connectivity index (χ3v) is 5.14. The standard InChI is InChI=1S/C13H17Cl2NO4S/c1-13(2,3)11(12(17)20-4)16-21(18,19)10-8(14)6-5-7-9(10)15/h5-7,11,16H,1-4H3. The molecule has 1 atom stereocenters. The first kappa shape index (κ1) is 18.2. The number of nitrogens with one attached hydrogen (secondary N) is 1. The Kier molecular flexibility index (Phi) is 5.66. The number of rotatable bonds is 4. The minimum atomic E-state index is -4.07. The molecule has 118 valence electrons. The second kappa shape index (κ2) is 6.52. The molecule has 1 aromatic carbocycles.